The van der Waals surface area contributed by atoms with Gasteiger partial charge < -0.3 is 10.1 Å². The van der Waals surface area contributed by atoms with Crippen molar-refractivity contribution in [2.45, 2.75) is 32.6 Å². The number of ether oxygens (including phenoxy) is 1. The highest BCUT2D eigenvalue weighted by Gasteiger charge is 2.18. The van der Waals surface area contributed by atoms with E-state index in [0.29, 0.717) is 17.7 Å². The van der Waals surface area contributed by atoms with Crippen LogP contribution in [0.4, 0.5) is 11.8 Å². The number of hydrogen-bond acceptors (Lipinski definition) is 5. The third-order valence-corrected chi connectivity index (χ3v) is 4.19. The molecule has 0 saturated heterocycles. The summed E-state index contributed by atoms with van der Waals surface area (Å²) in [5.74, 6) is 3.37. The van der Waals surface area contributed by atoms with Gasteiger partial charge in [0.2, 0.25) is 11.8 Å². The van der Waals surface area contributed by atoms with Crippen LogP contribution in [0.15, 0.2) is 24.5 Å². The Morgan fingerprint density at radius 2 is 2.09 bits per heavy atom. The van der Waals surface area contributed by atoms with Crippen molar-refractivity contribution in [1.82, 2.24) is 19.7 Å². The van der Waals surface area contributed by atoms with Gasteiger partial charge in [0.25, 0.3) is 0 Å². The molecule has 0 spiro atoms. The summed E-state index contributed by atoms with van der Waals surface area (Å²) >= 11 is 0. The van der Waals surface area contributed by atoms with Crippen molar-refractivity contribution in [3.63, 3.8) is 0 Å². The minimum Gasteiger partial charge on any atom is -0.477 e. The quantitative estimate of drug-likeness (QED) is 0.919. The Morgan fingerprint density at radius 1 is 1.27 bits per heavy atom. The molecule has 1 fully saturated rings. The Labute approximate surface area is 130 Å². The van der Waals surface area contributed by atoms with E-state index in [2.05, 4.69) is 27.3 Å². The van der Waals surface area contributed by atoms with Crippen LogP contribution >= 0.6 is 0 Å². The normalized spacial score (nSPS) is 21.5. The lowest BCUT2D eigenvalue weighted by Crippen LogP contribution is -2.19. The van der Waals surface area contributed by atoms with Gasteiger partial charge in [-0.2, -0.15) is 10.1 Å². The number of nitrogens with zero attached hydrogens (tertiary/aromatic N) is 4. The van der Waals surface area contributed by atoms with Gasteiger partial charge in [-0.25, -0.2) is 4.98 Å². The van der Waals surface area contributed by atoms with Gasteiger partial charge in [0.1, 0.15) is 0 Å². The largest absolute Gasteiger partial charge is 0.477 e. The topological polar surface area (TPSA) is 64.9 Å². The molecule has 2 aromatic heterocycles. The molecule has 0 amide bonds. The molecule has 6 nitrogen and oxygen atoms in total. The molecule has 0 bridgehead atoms. The summed E-state index contributed by atoms with van der Waals surface area (Å²) in [6.45, 7) is 3.07. The molecule has 1 N–H and O–H groups in total. The number of rotatable bonds is 5. The van der Waals surface area contributed by atoms with Crippen LogP contribution in [-0.4, -0.2) is 26.4 Å². The number of anilines is 2. The summed E-state index contributed by atoms with van der Waals surface area (Å²) in [6, 6.07) is 3.68. The summed E-state index contributed by atoms with van der Waals surface area (Å²) in [5.41, 5.74) is 0. The number of aromatic nitrogens is 4. The van der Waals surface area contributed by atoms with E-state index in [1.165, 1.54) is 25.7 Å². The lowest BCUT2D eigenvalue weighted by atomic mass is 9.83. The summed E-state index contributed by atoms with van der Waals surface area (Å²) in [6.07, 6.45) is 8.70. The van der Waals surface area contributed by atoms with Gasteiger partial charge in [-0.15, -0.1) is 0 Å². The van der Waals surface area contributed by atoms with E-state index in [1.54, 1.807) is 16.9 Å². The Balaban J connectivity index is 1.54. The van der Waals surface area contributed by atoms with Crippen LogP contribution in [0.1, 0.15) is 32.6 Å². The second-order valence-electron chi connectivity index (χ2n) is 6.16. The minimum absolute atomic E-state index is 0.508. The van der Waals surface area contributed by atoms with E-state index >= 15 is 0 Å². The monoisotopic (exact) mass is 301 g/mol. The Bertz CT molecular complexity index is 604. The van der Waals surface area contributed by atoms with E-state index < -0.39 is 0 Å². The summed E-state index contributed by atoms with van der Waals surface area (Å²) < 4.78 is 7.58. The predicted molar refractivity (Wildman–Crippen MR) is 85.1 cm³/mol. The van der Waals surface area contributed by atoms with Gasteiger partial charge in [-0.1, -0.05) is 19.8 Å². The van der Waals surface area contributed by atoms with Gasteiger partial charge in [0.05, 0.1) is 6.61 Å². The van der Waals surface area contributed by atoms with Gasteiger partial charge in [-0.05, 0) is 24.7 Å². The molecule has 2 heterocycles. The fourth-order valence-corrected chi connectivity index (χ4v) is 2.78. The average Bonchev–Trinajstić information content (AvgIpc) is 2.92. The third kappa shape index (κ3) is 3.96. The zero-order valence-electron chi connectivity index (χ0n) is 13.2. The first kappa shape index (κ1) is 14.8. The Hall–Kier alpha value is -2.11. The smallest absolute Gasteiger partial charge is 0.231 e. The fraction of sp³-hybridized carbons (Fsp3) is 0.562. The summed E-state index contributed by atoms with van der Waals surface area (Å²) in [4.78, 5) is 8.58. The van der Waals surface area contributed by atoms with Crippen molar-refractivity contribution in [3.8, 4) is 5.88 Å². The van der Waals surface area contributed by atoms with E-state index in [0.717, 1.165) is 18.3 Å². The van der Waals surface area contributed by atoms with Gasteiger partial charge in [0, 0.05) is 31.6 Å². The van der Waals surface area contributed by atoms with Crippen molar-refractivity contribution >= 4 is 11.8 Å². The van der Waals surface area contributed by atoms with Crippen molar-refractivity contribution in [3.05, 3.63) is 24.5 Å². The second kappa shape index (κ2) is 6.77. The maximum absolute atomic E-state index is 5.85. The molecule has 0 aliphatic heterocycles. The van der Waals surface area contributed by atoms with Gasteiger partial charge >= 0.3 is 0 Å². The van der Waals surface area contributed by atoms with E-state index in [-0.39, 0.29) is 0 Å². The van der Waals surface area contributed by atoms with E-state index in [4.69, 9.17) is 4.74 Å². The summed E-state index contributed by atoms with van der Waals surface area (Å²) in [5, 5.41) is 7.32. The van der Waals surface area contributed by atoms with Crippen LogP contribution in [0.5, 0.6) is 5.88 Å². The predicted octanol–water partition coefficient (Wildman–Crippen LogP) is 3.16. The maximum Gasteiger partial charge on any atom is 0.231 e. The molecule has 0 atom stereocenters. The zero-order valence-corrected chi connectivity index (χ0v) is 13.2. The molecular formula is C16H23N5O. The van der Waals surface area contributed by atoms with Crippen LogP contribution in [0.25, 0.3) is 0 Å². The Morgan fingerprint density at radius 3 is 2.82 bits per heavy atom. The third-order valence-electron chi connectivity index (χ3n) is 4.19. The minimum atomic E-state index is 0.508. The van der Waals surface area contributed by atoms with Gasteiger partial charge in [-0.3, -0.25) is 4.68 Å². The van der Waals surface area contributed by atoms with Crippen LogP contribution in [0, 0.1) is 11.8 Å². The van der Waals surface area contributed by atoms with E-state index in [1.807, 2.05) is 19.3 Å². The second-order valence-corrected chi connectivity index (χ2v) is 6.16. The first-order valence-corrected chi connectivity index (χ1v) is 7.91. The average molecular weight is 301 g/mol. The molecule has 1 aliphatic rings. The van der Waals surface area contributed by atoms with Crippen LogP contribution in [-0.2, 0) is 7.05 Å². The highest BCUT2D eigenvalue weighted by atomic mass is 16.5. The first-order valence-electron chi connectivity index (χ1n) is 7.91. The SMILES string of the molecule is Cn1ccc(Nc2nccc(OC[C@H]3CC[C@@H](C)CC3)n2)n1. The van der Waals surface area contributed by atoms with Crippen molar-refractivity contribution in [2.24, 2.45) is 18.9 Å². The molecular weight excluding hydrogens is 278 g/mol. The highest BCUT2D eigenvalue weighted by molar-refractivity contribution is 5.46. The number of nitrogens with one attached hydrogen (secondary N) is 1. The molecule has 0 radical (unpaired) electrons. The maximum atomic E-state index is 5.85. The highest BCUT2D eigenvalue weighted by Crippen LogP contribution is 2.28. The van der Waals surface area contributed by atoms with Crippen LogP contribution in [0.3, 0.4) is 0 Å². The van der Waals surface area contributed by atoms with Crippen LogP contribution < -0.4 is 10.1 Å². The standard InChI is InChI=1S/C16H23N5O/c1-12-3-5-13(6-4-12)11-22-15-7-9-17-16(19-15)18-14-8-10-21(2)20-14/h7-10,12-13H,3-6,11H2,1-2H3,(H,17,18,19,20)/t12-,13+. The van der Waals surface area contributed by atoms with Crippen molar-refractivity contribution < 1.29 is 4.74 Å². The van der Waals surface area contributed by atoms with Gasteiger partial charge in [0.15, 0.2) is 5.82 Å². The Kier molecular flexibility index (Phi) is 4.56. The fourth-order valence-electron chi connectivity index (χ4n) is 2.78. The summed E-state index contributed by atoms with van der Waals surface area (Å²) in [7, 11) is 1.87. The first-order chi connectivity index (χ1) is 10.7. The molecule has 118 valence electrons. The number of aryl methyl sites for hydroxylation is 1. The van der Waals surface area contributed by atoms with Crippen molar-refractivity contribution in [2.75, 3.05) is 11.9 Å². The molecule has 0 aromatic carbocycles. The molecule has 1 aliphatic carbocycles. The van der Waals surface area contributed by atoms with E-state index in [9.17, 15) is 0 Å². The van der Waals surface area contributed by atoms with Crippen molar-refractivity contribution in [1.29, 1.82) is 0 Å². The number of hydrogen-bond donors (Lipinski definition) is 1. The zero-order chi connectivity index (χ0) is 15.4. The molecule has 1 saturated carbocycles. The lowest BCUT2D eigenvalue weighted by molar-refractivity contribution is 0.183. The lowest BCUT2D eigenvalue weighted by Gasteiger charge is -2.25. The molecule has 0 unspecified atom stereocenters. The molecule has 2 aromatic rings. The van der Waals surface area contributed by atoms with Crippen LogP contribution in [0.2, 0.25) is 0 Å². The molecule has 3 rings (SSSR count). The molecule has 6 heteroatoms. The molecule has 22 heavy (non-hydrogen) atoms.